The molecule has 0 saturated carbocycles. The average Bonchev–Trinajstić information content (AvgIpc) is 3.39. The molecular formula is C24H26N6O6. The Kier molecular flexibility index (Phi) is 8.66. The zero-order valence-corrected chi connectivity index (χ0v) is 20.3. The van der Waals surface area contributed by atoms with Crippen molar-refractivity contribution in [2.75, 3.05) is 35.0 Å². The first-order valence-corrected chi connectivity index (χ1v) is 10.8. The van der Waals surface area contributed by atoms with Crippen LogP contribution in [0, 0.1) is 11.3 Å². The molecule has 12 nitrogen and oxygen atoms in total. The minimum Gasteiger partial charge on any atom is -0.497 e. The van der Waals surface area contributed by atoms with Gasteiger partial charge in [-0.25, -0.2) is 4.68 Å². The van der Waals surface area contributed by atoms with E-state index in [1.807, 2.05) is 6.07 Å². The van der Waals surface area contributed by atoms with Crippen LogP contribution in [0.2, 0.25) is 0 Å². The van der Waals surface area contributed by atoms with Crippen LogP contribution < -0.4 is 29.6 Å². The minimum atomic E-state index is -0.871. The summed E-state index contributed by atoms with van der Waals surface area (Å²) in [5.74, 6) is 0.694. The molecule has 1 atom stereocenters. The van der Waals surface area contributed by atoms with Gasteiger partial charge in [0, 0.05) is 6.54 Å². The van der Waals surface area contributed by atoms with Gasteiger partial charge in [-0.3, -0.25) is 9.59 Å². The lowest BCUT2D eigenvalue weighted by Gasteiger charge is -2.15. The lowest BCUT2D eigenvalue weighted by atomic mass is 10.1. The second kappa shape index (κ2) is 12.1. The van der Waals surface area contributed by atoms with Crippen molar-refractivity contribution in [2.45, 2.75) is 12.6 Å². The summed E-state index contributed by atoms with van der Waals surface area (Å²) in [5.41, 5.74) is 0.916. The molecule has 0 radical (unpaired) electrons. The fourth-order valence-corrected chi connectivity index (χ4v) is 3.36. The maximum Gasteiger partial charge on any atom is 0.274 e. The van der Waals surface area contributed by atoms with Crippen LogP contribution in [0.5, 0.6) is 23.0 Å². The third-order valence-electron chi connectivity index (χ3n) is 5.20. The highest BCUT2D eigenvalue weighted by Crippen LogP contribution is 2.39. The van der Waals surface area contributed by atoms with Gasteiger partial charge in [-0.15, -0.1) is 5.10 Å². The lowest BCUT2D eigenvalue weighted by molar-refractivity contribution is 0.0934. The van der Waals surface area contributed by atoms with Crippen molar-refractivity contribution in [3.8, 4) is 29.1 Å². The van der Waals surface area contributed by atoms with Crippen molar-refractivity contribution in [2.24, 2.45) is 0 Å². The van der Waals surface area contributed by atoms with Gasteiger partial charge in [0.05, 0.1) is 52.8 Å². The number of amides is 2. The quantitative estimate of drug-likeness (QED) is 0.406. The second-order valence-corrected chi connectivity index (χ2v) is 7.31. The predicted molar refractivity (Wildman–Crippen MR) is 127 cm³/mol. The largest absolute Gasteiger partial charge is 0.497 e. The van der Waals surface area contributed by atoms with Gasteiger partial charge in [0.1, 0.15) is 11.8 Å². The van der Waals surface area contributed by atoms with Gasteiger partial charge in [-0.2, -0.15) is 5.26 Å². The summed E-state index contributed by atoms with van der Waals surface area (Å²) in [6, 6.07) is 11.2. The molecule has 3 rings (SSSR count). The first-order valence-electron chi connectivity index (χ1n) is 10.8. The molecule has 0 aliphatic rings. The molecule has 0 aliphatic carbocycles. The normalized spacial score (nSPS) is 11.1. The maximum absolute atomic E-state index is 12.7. The van der Waals surface area contributed by atoms with E-state index in [2.05, 4.69) is 20.9 Å². The Balaban J connectivity index is 1.58. The Bertz CT molecular complexity index is 1250. The number of nitrogens with zero attached hydrogens (tertiary/aromatic N) is 4. The summed E-state index contributed by atoms with van der Waals surface area (Å²) in [4.78, 5) is 25.3. The molecule has 2 N–H and O–H groups in total. The zero-order valence-electron chi connectivity index (χ0n) is 20.3. The molecule has 0 bridgehead atoms. The van der Waals surface area contributed by atoms with E-state index in [-0.39, 0.29) is 36.0 Å². The highest BCUT2D eigenvalue weighted by Gasteiger charge is 2.21. The van der Waals surface area contributed by atoms with E-state index in [1.54, 1.807) is 43.5 Å². The highest BCUT2D eigenvalue weighted by molar-refractivity contribution is 5.98. The number of carbonyl (C=O) groups is 2. The van der Waals surface area contributed by atoms with E-state index < -0.39 is 11.9 Å². The number of carbonyl (C=O) groups excluding carboxylic acids is 2. The first-order chi connectivity index (χ1) is 17.4. The number of nitrogens with one attached hydrogen (secondary N) is 2. The number of ether oxygens (including phenoxy) is 4. The summed E-state index contributed by atoms with van der Waals surface area (Å²) in [6.07, 6.45) is 1.43. The van der Waals surface area contributed by atoms with Crippen LogP contribution in [0.1, 0.15) is 32.5 Å². The molecule has 12 heteroatoms. The molecule has 3 aromatic rings. The third-order valence-corrected chi connectivity index (χ3v) is 5.20. The van der Waals surface area contributed by atoms with Crippen LogP contribution in [0.4, 0.5) is 0 Å². The van der Waals surface area contributed by atoms with Gasteiger partial charge in [-0.1, -0.05) is 17.3 Å². The molecule has 0 aliphatic heterocycles. The topological polar surface area (TPSA) is 150 Å². The Labute approximate surface area is 207 Å². The smallest absolute Gasteiger partial charge is 0.274 e. The zero-order chi connectivity index (χ0) is 26.1. The van der Waals surface area contributed by atoms with E-state index in [4.69, 9.17) is 18.9 Å². The fraction of sp³-hybridized carbons (Fsp3) is 0.292. The van der Waals surface area contributed by atoms with Gasteiger partial charge in [0.2, 0.25) is 5.75 Å². The molecular weight excluding hydrogens is 468 g/mol. The second-order valence-electron chi connectivity index (χ2n) is 7.31. The highest BCUT2D eigenvalue weighted by atomic mass is 16.5. The summed E-state index contributed by atoms with van der Waals surface area (Å²) >= 11 is 0. The van der Waals surface area contributed by atoms with Gasteiger partial charge in [0.15, 0.2) is 17.2 Å². The SMILES string of the molecule is COc1ccc(C(C#N)NC(=O)c2cn(CCNC(=O)c3ccc(OC)c(OC)c3OC)nn2)cc1. The van der Waals surface area contributed by atoms with Crippen molar-refractivity contribution >= 4 is 11.8 Å². The van der Waals surface area contributed by atoms with Crippen molar-refractivity contribution in [3.05, 3.63) is 59.4 Å². The molecule has 188 valence electrons. The molecule has 0 fully saturated rings. The molecule has 1 aromatic heterocycles. The van der Waals surface area contributed by atoms with Crippen LogP contribution in [0.15, 0.2) is 42.6 Å². The number of hydrogen-bond acceptors (Lipinski definition) is 9. The number of rotatable bonds is 11. The summed E-state index contributed by atoms with van der Waals surface area (Å²) in [7, 11) is 5.92. The molecule has 0 spiro atoms. The Hall–Kier alpha value is -4.79. The van der Waals surface area contributed by atoms with Crippen LogP contribution >= 0.6 is 0 Å². The minimum absolute atomic E-state index is 0.0386. The van der Waals surface area contributed by atoms with E-state index in [0.717, 1.165) is 0 Å². The van der Waals surface area contributed by atoms with Gasteiger partial charge < -0.3 is 29.6 Å². The van der Waals surface area contributed by atoms with Crippen LogP contribution in [0.3, 0.4) is 0 Å². The number of benzene rings is 2. The number of nitriles is 1. The third kappa shape index (κ3) is 5.82. The predicted octanol–water partition coefficient (Wildman–Crippen LogP) is 1.74. The van der Waals surface area contributed by atoms with Crippen LogP contribution in [0.25, 0.3) is 0 Å². The van der Waals surface area contributed by atoms with Gasteiger partial charge in [0.25, 0.3) is 11.8 Å². The van der Waals surface area contributed by atoms with E-state index in [9.17, 15) is 14.9 Å². The molecule has 1 heterocycles. The molecule has 36 heavy (non-hydrogen) atoms. The monoisotopic (exact) mass is 494 g/mol. The summed E-state index contributed by atoms with van der Waals surface area (Å²) < 4.78 is 22.4. The van der Waals surface area contributed by atoms with Gasteiger partial charge in [-0.05, 0) is 29.8 Å². The standard InChI is InChI=1S/C24H26N6O6/c1-33-16-7-5-15(6-8-16)18(13-25)27-24(32)19-14-30(29-28-19)12-11-26-23(31)17-9-10-20(34-2)22(36-4)21(17)35-3/h5-10,14,18H,11-12H2,1-4H3,(H,26,31)(H,27,32). The maximum atomic E-state index is 12.7. The van der Waals surface area contributed by atoms with E-state index in [0.29, 0.717) is 22.8 Å². The molecule has 2 amide bonds. The van der Waals surface area contributed by atoms with Crippen molar-refractivity contribution < 1.29 is 28.5 Å². The summed E-state index contributed by atoms with van der Waals surface area (Å²) in [6.45, 7) is 0.454. The molecule has 2 aromatic carbocycles. The van der Waals surface area contributed by atoms with E-state index >= 15 is 0 Å². The van der Waals surface area contributed by atoms with Crippen LogP contribution in [-0.2, 0) is 6.54 Å². The molecule has 0 saturated heterocycles. The van der Waals surface area contributed by atoms with Crippen molar-refractivity contribution in [3.63, 3.8) is 0 Å². The fourth-order valence-electron chi connectivity index (χ4n) is 3.36. The average molecular weight is 495 g/mol. The summed E-state index contributed by atoms with van der Waals surface area (Å²) in [5, 5.41) is 22.6. The van der Waals surface area contributed by atoms with Crippen molar-refractivity contribution in [1.82, 2.24) is 25.6 Å². The Morgan fingerprint density at radius 1 is 0.972 bits per heavy atom. The Morgan fingerprint density at radius 3 is 2.31 bits per heavy atom. The first kappa shape index (κ1) is 25.8. The van der Waals surface area contributed by atoms with E-state index in [1.165, 1.54) is 32.2 Å². The van der Waals surface area contributed by atoms with Crippen molar-refractivity contribution in [1.29, 1.82) is 5.26 Å². The number of aromatic nitrogens is 3. The van der Waals surface area contributed by atoms with Crippen LogP contribution in [-0.4, -0.2) is 61.8 Å². The van der Waals surface area contributed by atoms with Gasteiger partial charge >= 0.3 is 0 Å². The number of hydrogen-bond donors (Lipinski definition) is 2. The lowest BCUT2D eigenvalue weighted by Crippen LogP contribution is -2.28. The Morgan fingerprint density at radius 2 is 1.69 bits per heavy atom. The molecule has 1 unspecified atom stereocenters. The number of methoxy groups -OCH3 is 4.